The van der Waals surface area contributed by atoms with Crippen molar-refractivity contribution in [2.45, 2.75) is 38.4 Å². The minimum Gasteiger partial charge on any atom is -0.286 e. The van der Waals surface area contributed by atoms with Gasteiger partial charge < -0.3 is 0 Å². The molecule has 0 saturated carbocycles. The normalized spacial score (nSPS) is 15.4. The number of amidine groups is 1. The van der Waals surface area contributed by atoms with Crippen molar-refractivity contribution in [3.8, 4) is 0 Å². The molecule has 9 heteroatoms. The van der Waals surface area contributed by atoms with Gasteiger partial charge in [0.05, 0.1) is 0 Å². The molecule has 24 heavy (non-hydrogen) atoms. The second kappa shape index (κ2) is 6.39. The van der Waals surface area contributed by atoms with E-state index in [0.29, 0.717) is 29.8 Å². The number of nitrogens with two attached hydrogens (primary N) is 1. The number of carbonyl (C=O) groups excluding carboxylic acids is 1. The molecule has 0 saturated heterocycles. The number of nitrogens with one attached hydrogen (secondary N) is 1. The number of fused-ring (bicyclic) bond motifs is 1. The molecule has 1 aliphatic carbocycles. The molecule has 1 aliphatic rings. The summed E-state index contributed by atoms with van der Waals surface area (Å²) in [5.74, 6) is -0.308. The molecular weight excluding hydrogens is 341 g/mol. The molecule has 0 radical (unpaired) electrons. The fraction of sp³-hybridized carbons (Fsp3) is 0.400. The number of nitrogen functional groups attached to an aromatic ring is 1. The number of alkyl halides is 3. The standard InChI is InChI=1S/C15H15F3N4OS/c16-15(17,18)13-9-4-1-2-5-10(9)22(21-13)8-12(23)20-14(19)11-6-3-7-24-11/h3,6-7H,1-2,4-5,8H2,(H2,19,20,23)/p+1. The molecule has 0 unspecified atom stereocenters. The van der Waals surface area contributed by atoms with Crippen molar-refractivity contribution in [3.63, 3.8) is 0 Å². The van der Waals surface area contributed by atoms with E-state index in [2.05, 4.69) is 10.1 Å². The van der Waals surface area contributed by atoms with Crippen molar-refractivity contribution >= 4 is 23.1 Å². The number of nitrogens with zero attached hydrogens (tertiary/aromatic N) is 2. The zero-order valence-corrected chi connectivity index (χ0v) is 13.5. The van der Waals surface area contributed by atoms with Gasteiger partial charge in [-0.3, -0.25) is 10.4 Å². The molecule has 1 amide bonds. The molecule has 0 atom stereocenters. The third-order valence-electron chi connectivity index (χ3n) is 3.88. The number of thiophene rings is 1. The van der Waals surface area contributed by atoms with Crippen LogP contribution in [0.4, 0.5) is 13.2 Å². The van der Waals surface area contributed by atoms with Crippen LogP contribution < -0.4 is 10.7 Å². The third kappa shape index (κ3) is 3.35. The predicted octanol–water partition coefficient (Wildman–Crippen LogP) is 0.855. The summed E-state index contributed by atoms with van der Waals surface area (Å²) in [6, 6.07) is 3.54. The van der Waals surface area contributed by atoms with Gasteiger partial charge in [-0.05, 0) is 37.1 Å². The molecule has 5 nitrogen and oxygen atoms in total. The third-order valence-corrected chi connectivity index (χ3v) is 4.78. The first-order valence-corrected chi connectivity index (χ1v) is 8.36. The zero-order chi connectivity index (χ0) is 17.3. The highest BCUT2D eigenvalue weighted by Crippen LogP contribution is 2.35. The van der Waals surface area contributed by atoms with Gasteiger partial charge >= 0.3 is 12.1 Å². The van der Waals surface area contributed by atoms with Gasteiger partial charge in [0.25, 0.3) is 5.84 Å². The lowest BCUT2D eigenvalue weighted by atomic mass is 9.95. The van der Waals surface area contributed by atoms with Crippen LogP contribution in [-0.4, -0.2) is 21.5 Å². The predicted molar refractivity (Wildman–Crippen MR) is 82.5 cm³/mol. The molecule has 0 bridgehead atoms. The maximum absolute atomic E-state index is 13.1. The molecule has 2 aromatic heterocycles. The lowest BCUT2D eigenvalue weighted by molar-refractivity contribution is -0.379. The Hall–Kier alpha value is -2.16. The Morgan fingerprint density at radius 2 is 2.12 bits per heavy atom. The Labute approximate surface area is 140 Å². The second-order valence-corrected chi connectivity index (χ2v) is 6.52. The summed E-state index contributed by atoms with van der Waals surface area (Å²) in [7, 11) is 0. The second-order valence-electron chi connectivity index (χ2n) is 5.58. The van der Waals surface area contributed by atoms with E-state index in [1.807, 2.05) is 5.38 Å². The molecule has 128 valence electrons. The van der Waals surface area contributed by atoms with E-state index >= 15 is 0 Å². The quantitative estimate of drug-likeness (QED) is 0.632. The van der Waals surface area contributed by atoms with Crippen LogP contribution in [0.15, 0.2) is 17.5 Å². The molecule has 2 heterocycles. The summed E-state index contributed by atoms with van der Waals surface area (Å²) >= 11 is 1.36. The van der Waals surface area contributed by atoms with E-state index in [1.54, 1.807) is 12.1 Å². The number of hydrogen-bond donors (Lipinski definition) is 2. The highest BCUT2D eigenvalue weighted by molar-refractivity contribution is 7.12. The maximum atomic E-state index is 13.1. The van der Waals surface area contributed by atoms with Gasteiger partial charge in [0.15, 0.2) is 5.69 Å². The molecule has 3 rings (SSSR count). The van der Waals surface area contributed by atoms with Crippen LogP contribution in [0.2, 0.25) is 0 Å². The summed E-state index contributed by atoms with van der Waals surface area (Å²) in [5, 5.41) is 5.47. The first kappa shape index (κ1) is 16.7. The number of rotatable bonds is 3. The Bertz CT molecular complexity index is 777. The van der Waals surface area contributed by atoms with E-state index in [0.717, 1.165) is 11.1 Å². The minimum absolute atomic E-state index is 0.187. The number of aromatic nitrogens is 2. The highest BCUT2D eigenvalue weighted by atomic mass is 32.1. The Morgan fingerprint density at radius 1 is 1.38 bits per heavy atom. The van der Waals surface area contributed by atoms with Crippen LogP contribution >= 0.6 is 11.3 Å². The van der Waals surface area contributed by atoms with Crippen molar-refractivity contribution in [1.29, 1.82) is 0 Å². The minimum atomic E-state index is -4.51. The number of amides is 1. The van der Waals surface area contributed by atoms with Crippen LogP contribution in [0.3, 0.4) is 0 Å². The number of carbonyl (C=O) groups is 1. The van der Waals surface area contributed by atoms with Gasteiger partial charge in [0.2, 0.25) is 0 Å². The number of hydrogen-bond acceptors (Lipinski definition) is 3. The molecule has 2 aromatic rings. The summed E-state index contributed by atoms with van der Waals surface area (Å²) in [6.45, 7) is -0.287. The average Bonchev–Trinajstić information content (AvgIpc) is 3.15. The van der Waals surface area contributed by atoms with Crippen molar-refractivity contribution in [1.82, 2.24) is 9.78 Å². The van der Waals surface area contributed by atoms with Crippen LogP contribution in [0.25, 0.3) is 0 Å². The molecule has 0 aromatic carbocycles. The van der Waals surface area contributed by atoms with Gasteiger partial charge in [0.1, 0.15) is 11.4 Å². The first-order chi connectivity index (χ1) is 11.4. The lowest BCUT2D eigenvalue weighted by Crippen LogP contribution is -2.80. The van der Waals surface area contributed by atoms with Crippen molar-refractivity contribution in [2.75, 3.05) is 0 Å². The molecule has 0 spiro atoms. The van der Waals surface area contributed by atoms with Gasteiger partial charge in [-0.2, -0.15) is 18.3 Å². The lowest BCUT2D eigenvalue weighted by Gasteiger charge is -2.13. The Kier molecular flexibility index (Phi) is 4.44. The fourth-order valence-electron chi connectivity index (χ4n) is 2.85. The van der Waals surface area contributed by atoms with E-state index in [1.165, 1.54) is 11.3 Å². The van der Waals surface area contributed by atoms with Crippen molar-refractivity contribution in [3.05, 3.63) is 39.3 Å². The SMILES string of the molecule is NC(=[NH+]C(=O)Cn1nc(C(F)(F)F)c2c1CCCC2)c1cccs1. The van der Waals surface area contributed by atoms with Crippen LogP contribution in [-0.2, 0) is 30.4 Å². The van der Waals surface area contributed by atoms with E-state index in [4.69, 9.17) is 5.73 Å². The fourth-order valence-corrected chi connectivity index (χ4v) is 3.49. The smallest absolute Gasteiger partial charge is 0.286 e. The maximum Gasteiger partial charge on any atom is 0.435 e. The van der Waals surface area contributed by atoms with Crippen LogP contribution in [0, 0.1) is 0 Å². The molecule has 0 fully saturated rings. The largest absolute Gasteiger partial charge is 0.435 e. The summed E-state index contributed by atoms with van der Waals surface area (Å²) in [4.78, 5) is 15.3. The van der Waals surface area contributed by atoms with E-state index < -0.39 is 17.8 Å². The molecule has 3 N–H and O–H groups in total. The monoisotopic (exact) mass is 357 g/mol. The summed E-state index contributed by atoms with van der Waals surface area (Å²) in [6.07, 6.45) is -2.18. The topological polar surface area (TPSA) is 74.9 Å². The van der Waals surface area contributed by atoms with Crippen molar-refractivity contribution < 1.29 is 23.0 Å². The Morgan fingerprint density at radius 3 is 2.79 bits per heavy atom. The summed E-state index contributed by atoms with van der Waals surface area (Å²) < 4.78 is 40.5. The van der Waals surface area contributed by atoms with E-state index in [9.17, 15) is 18.0 Å². The zero-order valence-electron chi connectivity index (χ0n) is 12.7. The first-order valence-electron chi connectivity index (χ1n) is 7.48. The molecule has 0 aliphatic heterocycles. The number of halogens is 3. The summed E-state index contributed by atoms with van der Waals surface area (Å²) in [5.41, 5.74) is 5.63. The van der Waals surface area contributed by atoms with Gasteiger partial charge in [-0.1, -0.05) is 6.07 Å². The van der Waals surface area contributed by atoms with Gasteiger partial charge in [0, 0.05) is 11.3 Å². The van der Waals surface area contributed by atoms with Crippen molar-refractivity contribution in [2.24, 2.45) is 5.73 Å². The molecular formula is C15H16F3N4OS+. The van der Waals surface area contributed by atoms with Gasteiger partial charge in [-0.15, -0.1) is 11.3 Å². The Balaban J connectivity index is 1.86. The van der Waals surface area contributed by atoms with Gasteiger partial charge in [-0.25, -0.2) is 9.79 Å². The van der Waals surface area contributed by atoms with Crippen LogP contribution in [0.5, 0.6) is 0 Å². The van der Waals surface area contributed by atoms with E-state index in [-0.39, 0.29) is 17.9 Å². The highest BCUT2D eigenvalue weighted by Gasteiger charge is 2.39. The average molecular weight is 357 g/mol. The van der Waals surface area contributed by atoms with Crippen LogP contribution in [0.1, 0.15) is 34.7 Å².